The minimum Gasteiger partial charge on any atom is -0.461 e. The molecule has 0 saturated carbocycles. The molecule has 0 unspecified atom stereocenters. The number of carbonyl (C=O) groups excluding carboxylic acids is 1. The van der Waals surface area contributed by atoms with E-state index in [4.69, 9.17) is 9.88 Å². The van der Waals surface area contributed by atoms with Crippen LogP contribution in [0, 0.1) is 0 Å². The van der Waals surface area contributed by atoms with Gasteiger partial charge in [0.05, 0.1) is 22.9 Å². The van der Waals surface area contributed by atoms with Crippen LogP contribution in [0.25, 0.3) is 16.9 Å². The van der Waals surface area contributed by atoms with Crippen molar-refractivity contribution in [3.05, 3.63) is 59.8 Å². The van der Waals surface area contributed by atoms with Gasteiger partial charge in [-0.05, 0) is 37.3 Å². The third-order valence-corrected chi connectivity index (χ3v) is 5.43. The highest BCUT2D eigenvalue weighted by atomic mass is 32.2. The molecule has 0 amide bonds. The maximum atomic E-state index is 12.4. The van der Waals surface area contributed by atoms with Gasteiger partial charge < -0.3 is 10.1 Å². The lowest BCUT2D eigenvalue weighted by Crippen LogP contribution is -2.13. The van der Waals surface area contributed by atoms with E-state index < -0.39 is 16.0 Å². The van der Waals surface area contributed by atoms with E-state index in [2.05, 4.69) is 10.4 Å². The van der Waals surface area contributed by atoms with Crippen LogP contribution < -0.4 is 10.5 Å². The molecule has 28 heavy (non-hydrogen) atoms. The summed E-state index contributed by atoms with van der Waals surface area (Å²) in [4.78, 5) is 12.4. The summed E-state index contributed by atoms with van der Waals surface area (Å²) < 4.78 is 29.8. The molecular weight excluding hydrogens is 380 g/mol. The molecule has 2 heterocycles. The summed E-state index contributed by atoms with van der Waals surface area (Å²) in [6, 6.07) is 13.7. The molecule has 9 heteroatoms. The lowest BCUT2D eigenvalue weighted by atomic mass is 9.99. The van der Waals surface area contributed by atoms with Crippen LogP contribution in [0.3, 0.4) is 0 Å². The van der Waals surface area contributed by atoms with E-state index in [-0.39, 0.29) is 17.2 Å². The Morgan fingerprint density at radius 2 is 1.93 bits per heavy atom. The number of sulfonamides is 1. The largest absolute Gasteiger partial charge is 0.461 e. The Hall–Kier alpha value is -3.17. The van der Waals surface area contributed by atoms with Gasteiger partial charge >= 0.3 is 5.97 Å². The van der Waals surface area contributed by atoms with Gasteiger partial charge in [-0.2, -0.15) is 5.10 Å². The fourth-order valence-corrected chi connectivity index (χ4v) is 3.76. The molecule has 0 saturated heterocycles. The topological polar surface area (TPSA) is 116 Å². The number of nitrogens with two attached hydrogens (primary N) is 1. The molecule has 1 aliphatic rings. The van der Waals surface area contributed by atoms with E-state index >= 15 is 0 Å². The van der Waals surface area contributed by atoms with Crippen LogP contribution in [0.1, 0.15) is 23.0 Å². The lowest BCUT2D eigenvalue weighted by Gasteiger charge is -2.20. The highest BCUT2D eigenvalue weighted by Gasteiger charge is 2.29. The summed E-state index contributed by atoms with van der Waals surface area (Å²) in [6.45, 7) is 2.41. The molecule has 1 aromatic heterocycles. The number of nitrogens with one attached hydrogen (secondary N) is 1. The second kappa shape index (κ2) is 6.77. The van der Waals surface area contributed by atoms with Crippen LogP contribution in [-0.4, -0.2) is 30.8 Å². The number of benzene rings is 2. The first-order chi connectivity index (χ1) is 13.4. The van der Waals surface area contributed by atoms with Crippen LogP contribution in [0.5, 0.6) is 0 Å². The minimum atomic E-state index is -3.80. The second-order valence-corrected chi connectivity index (χ2v) is 7.81. The maximum Gasteiger partial charge on any atom is 0.359 e. The van der Waals surface area contributed by atoms with Crippen molar-refractivity contribution in [2.24, 2.45) is 5.14 Å². The quantitative estimate of drug-likeness (QED) is 0.652. The number of aromatic nitrogens is 2. The molecule has 8 nitrogen and oxygen atoms in total. The van der Waals surface area contributed by atoms with Crippen LogP contribution >= 0.6 is 0 Å². The van der Waals surface area contributed by atoms with Gasteiger partial charge in [0.15, 0.2) is 5.69 Å². The smallest absolute Gasteiger partial charge is 0.359 e. The van der Waals surface area contributed by atoms with E-state index in [0.29, 0.717) is 12.2 Å². The molecule has 0 atom stereocenters. The van der Waals surface area contributed by atoms with E-state index in [0.717, 1.165) is 22.5 Å². The van der Waals surface area contributed by atoms with Crippen molar-refractivity contribution in [2.45, 2.75) is 18.4 Å². The molecule has 0 spiro atoms. The monoisotopic (exact) mass is 398 g/mol. The van der Waals surface area contributed by atoms with Crippen LogP contribution in [-0.2, 0) is 21.3 Å². The average Bonchev–Trinajstić information content (AvgIpc) is 3.08. The third-order valence-electron chi connectivity index (χ3n) is 4.50. The highest BCUT2D eigenvalue weighted by Crippen LogP contribution is 2.38. The Balaban J connectivity index is 1.92. The second-order valence-electron chi connectivity index (χ2n) is 6.25. The number of hydrogen-bond donors (Lipinski definition) is 2. The molecule has 144 valence electrons. The fourth-order valence-electron chi connectivity index (χ4n) is 3.25. The van der Waals surface area contributed by atoms with Gasteiger partial charge in [0.1, 0.15) is 0 Å². The number of fused-ring (bicyclic) bond motifs is 3. The van der Waals surface area contributed by atoms with Crippen molar-refractivity contribution in [3.8, 4) is 16.9 Å². The molecule has 4 rings (SSSR count). The molecule has 3 aromatic rings. The number of esters is 1. The number of para-hydroxylation sites is 1. The highest BCUT2D eigenvalue weighted by molar-refractivity contribution is 7.89. The maximum absolute atomic E-state index is 12.4. The van der Waals surface area contributed by atoms with Crippen molar-refractivity contribution < 1.29 is 17.9 Å². The zero-order valence-electron chi connectivity index (χ0n) is 15.0. The van der Waals surface area contributed by atoms with E-state index in [9.17, 15) is 13.2 Å². The number of primary sulfonamides is 1. The summed E-state index contributed by atoms with van der Waals surface area (Å²) in [5.41, 5.74) is 4.15. The molecule has 2 aromatic carbocycles. The Kier molecular flexibility index (Phi) is 4.40. The van der Waals surface area contributed by atoms with Gasteiger partial charge in [-0.25, -0.2) is 23.0 Å². The standard InChI is InChI=1S/C19H18N4O4S/c1-2-27-19(24)17-15-11-21-16-6-4-3-5-14(16)18(15)23(22-17)12-7-9-13(10-8-12)28(20,25)26/h3-10,21H,2,11H2,1H3,(H2,20,25,26). The number of ether oxygens (including phenoxy) is 1. The summed E-state index contributed by atoms with van der Waals surface area (Å²) in [5, 5.41) is 13.0. The first-order valence-electron chi connectivity index (χ1n) is 8.65. The predicted molar refractivity (Wildman–Crippen MR) is 104 cm³/mol. The number of hydrogen-bond acceptors (Lipinski definition) is 6. The molecule has 1 aliphatic heterocycles. The molecule has 0 aliphatic carbocycles. The molecule has 0 radical (unpaired) electrons. The fraction of sp³-hybridized carbons (Fsp3) is 0.158. The molecule has 0 fully saturated rings. The number of carbonyl (C=O) groups is 1. The van der Waals surface area contributed by atoms with Gasteiger partial charge in [-0.3, -0.25) is 0 Å². The number of anilines is 1. The Morgan fingerprint density at radius 3 is 2.61 bits per heavy atom. The summed E-state index contributed by atoms with van der Waals surface area (Å²) in [6.07, 6.45) is 0. The normalized spacial score (nSPS) is 12.6. The Bertz CT molecular complexity index is 1170. The zero-order valence-corrected chi connectivity index (χ0v) is 15.9. The molecule has 0 bridgehead atoms. The Morgan fingerprint density at radius 1 is 1.21 bits per heavy atom. The van der Waals surface area contributed by atoms with Crippen molar-refractivity contribution >= 4 is 21.7 Å². The van der Waals surface area contributed by atoms with Gasteiger partial charge in [0.2, 0.25) is 10.0 Å². The zero-order chi connectivity index (χ0) is 19.9. The Labute approximate surface area is 162 Å². The van der Waals surface area contributed by atoms with Crippen molar-refractivity contribution in [1.82, 2.24) is 9.78 Å². The van der Waals surface area contributed by atoms with Gasteiger partial charge in [-0.15, -0.1) is 0 Å². The van der Waals surface area contributed by atoms with Crippen LogP contribution in [0.4, 0.5) is 5.69 Å². The predicted octanol–water partition coefficient (Wildman–Crippen LogP) is 2.29. The molecular formula is C19H18N4O4S. The number of nitrogens with zero attached hydrogens (tertiary/aromatic N) is 2. The number of rotatable bonds is 4. The van der Waals surface area contributed by atoms with Crippen molar-refractivity contribution in [3.63, 3.8) is 0 Å². The SMILES string of the molecule is CCOC(=O)c1nn(-c2ccc(S(N)(=O)=O)cc2)c2c1CNc1ccccc1-2. The van der Waals surface area contributed by atoms with Gasteiger partial charge in [-0.1, -0.05) is 18.2 Å². The summed E-state index contributed by atoms with van der Waals surface area (Å²) >= 11 is 0. The van der Waals surface area contributed by atoms with E-state index in [1.807, 2.05) is 24.3 Å². The van der Waals surface area contributed by atoms with Crippen LogP contribution in [0.2, 0.25) is 0 Å². The first kappa shape index (κ1) is 18.2. The third kappa shape index (κ3) is 3.04. The lowest BCUT2D eigenvalue weighted by molar-refractivity contribution is 0.0517. The van der Waals surface area contributed by atoms with E-state index in [1.165, 1.54) is 12.1 Å². The minimum absolute atomic E-state index is 0.00459. The van der Waals surface area contributed by atoms with Crippen LogP contribution in [0.15, 0.2) is 53.4 Å². The van der Waals surface area contributed by atoms with E-state index in [1.54, 1.807) is 23.7 Å². The van der Waals surface area contributed by atoms with Gasteiger partial charge in [0, 0.05) is 23.4 Å². The van der Waals surface area contributed by atoms with Crippen molar-refractivity contribution in [2.75, 3.05) is 11.9 Å². The molecule has 3 N–H and O–H groups in total. The summed E-state index contributed by atoms with van der Waals surface area (Å²) in [7, 11) is -3.80. The van der Waals surface area contributed by atoms with Gasteiger partial charge in [0.25, 0.3) is 0 Å². The van der Waals surface area contributed by atoms with Crippen molar-refractivity contribution in [1.29, 1.82) is 0 Å². The summed E-state index contributed by atoms with van der Waals surface area (Å²) in [5.74, 6) is -0.500. The average molecular weight is 398 g/mol. The first-order valence-corrected chi connectivity index (χ1v) is 10.2.